The lowest BCUT2D eigenvalue weighted by Crippen LogP contribution is -2.66. The van der Waals surface area contributed by atoms with Gasteiger partial charge >= 0.3 is 47.8 Å². The number of halogens is 3. The molecule has 0 spiro atoms. The van der Waals surface area contributed by atoms with E-state index in [9.17, 15) is 38.4 Å². The van der Waals surface area contributed by atoms with Crippen molar-refractivity contribution in [3.63, 3.8) is 0 Å². The van der Waals surface area contributed by atoms with Crippen LogP contribution in [0.1, 0.15) is 89.8 Å². The van der Waals surface area contributed by atoms with E-state index in [2.05, 4.69) is 0 Å². The minimum Gasteiger partial charge on any atom is -0.459 e. The molecule has 3 heterocycles. The zero-order valence-corrected chi connectivity index (χ0v) is 53.0. The first-order valence-electron chi connectivity index (χ1n) is 29.5. The Kier molecular flexibility index (Phi) is 24.0. The van der Waals surface area contributed by atoms with Crippen LogP contribution in [0.25, 0.3) is 0 Å². The first-order chi connectivity index (χ1) is 45.1. The Bertz CT molecular complexity index is 3570. The molecule has 26 heteroatoms. The largest absolute Gasteiger partial charge is 0.459 e. The van der Waals surface area contributed by atoms with Crippen molar-refractivity contribution in [3.8, 4) is 0 Å². The van der Waals surface area contributed by atoms with Gasteiger partial charge in [-0.2, -0.15) is 0 Å². The molecule has 14 unspecified atom stereocenters. The first kappa shape index (κ1) is 69.6. The predicted molar refractivity (Wildman–Crippen MR) is 331 cm³/mol. The van der Waals surface area contributed by atoms with E-state index in [-0.39, 0.29) is 33.4 Å². The molecule has 9 rings (SSSR count). The Morgan fingerprint density at radius 3 is 1.09 bits per heavy atom. The summed E-state index contributed by atoms with van der Waals surface area (Å²) in [7, 11) is 0. The summed E-state index contributed by atoms with van der Waals surface area (Å²) < 4.78 is 84.6. The van der Waals surface area contributed by atoms with E-state index in [1.54, 1.807) is 116 Å². The van der Waals surface area contributed by atoms with Crippen molar-refractivity contribution in [2.45, 2.75) is 111 Å². The molecule has 0 radical (unpaired) electrons. The number of nitrogens with one attached hydrogen (secondary N) is 1. The molecule has 15 atom stereocenters. The standard InChI is InChI=1S/C68H64Cl3NO22/c1-38-51(89-60(77)44-27-15-7-16-28-44)48(35-81-58(75)42-23-11-5-12-24-42)87-65(53(38)91-62(79)46-31-19-9-20-32-46)93-56-55(84-40(3)73)50(88-66(57(56)85-41(4)74)94-67(72)68(69,70)71)37-83-64-39(2)52(90-61(78)45-29-17-8-18-30-45)54(92-63(80)47-33-21-10-22-34-47)49(86-64)36-82-59(76)43-25-13-6-14-26-43/h5-34,38-39,48-57,64-66,72H,35-37H2,1-4H3/t38?,39?,48?,49?,50?,51?,52?,53?,54?,55-,56?,57?,64?,65?,66?/m0/s1. The maximum absolute atomic E-state index is 14.3. The van der Waals surface area contributed by atoms with Crippen LogP contribution < -0.4 is 0 Å². The number of carbonyl (C=O) groups is 8. The summed E-state index contributed by atoms with van der Waals surface area (Å²) in [6.07, 6.45) is -22.0. The van der Waals surface area contributed by atoms with Crippen molar-refractivity contribution < 1.29 is 105 Å². The van der Waals surface area contributed by atoms with Gasteiger partial charge in [-0.05, 0) is 72.8 Å². The van der Waals surface area contributed by atoms with Gasteiger partial charge in [0.25, 0.3) is 3.79 Å². The first-order valence-corrected chi connectivity index (χ1v) is 30.7. The van der Waals surface area contributed by atoms with Crippen LogP contribution in [0.2, 0.25) is 0 Å². The van der Waals surface area contributed by atoms with Crippen molar-refractivity contribution >= 4 is 88.5 Å². The molecule has 3 aliphatic heterocycles. The van der Waals surface area contributed by atoms with Gasteiger partial charge in [0.15, 0.2) is 37.0 Å². The fourth-order valence-corrected chi connectivity index (χ4v) is 10.6. The minimum atomic E-state index is -2.61. The molecule has 23 nitrogen and oxygen atoms in total. The average Bonchev–Trinajstić information content (AvgIpc) is 0.775. The van der Waals surface area contributed by atoms with E-state index in [1.807, 2.05) is 0 Å². The lowest BCUT2D eigenvalue weighted by Gasteiger charge is -2.49. The predicted octanol–water partition coefficient (Wildman–Crippen LogP) is 9.68. The maximum Gasteiger partial charge on any atom is 0.338 e. The van der Waals surface area contributed by atoms with E-state index >= 15 is 0 Å². The van der Waals surface area contributed by atoms with Gasteiger partial charge in [0.1, 0.15) is 49.8 Å². The Hall–Kier alpha value is -8.78. The second-order valence-electron chi connectivity index (χ2n) is 21.7. The van der Waals surface area contributed by atoms with Crippen LogP contribution in [0.5, 0.6) is 0 Å². The molecule has 0 saturated carbocycles. The molecule has 0 aromatic heterocycles. The summed E-state index contributed by atoms with van der Waals surface area (Å²) in [6.45, 7) is 3.07. The van der Waals surface area contributed by atoms with Crippen LogP contribution >= 0.6 is 34.8 Å². The highest BCUT2D eigenvalue weighted by molar-refractivity contribution is 6.76. The fourth-order valence-electron chi connectivity index (χ4n) is 10.5. The molecule has 494 valence electrons. The third kappa shape index (κ3) is 18.1. The Morgan fingerprint density at radius 2 is 0.681 bits per heavy atom. The Balaban J connectivity index is 1.11. The molecule has 3 saturated heterocycles. The van der Waals surface area contributed by atoms with Gasteiger partial charge in [-0.1, -0.05) is 158 Å². The van der Waals surface area contributed by atoms with E-state index < -0.39 is 169 Å². The normalized spacial score (nSPS) is 25.8. The second kappa shape index (κ2) is 32.4. The second-order valence-corrected chi connectivity index (χ2v) is 24.0. The third-order valence-electron chi connectivity index (χ3n) is 15.1. The number of hydrogen-bond acceptors (Lipinski definition) is 23. The number of benzene rings is 6. The summed E-state index contributed by atoms with van der Waals surface area (Å²) in [5, 5.41) is 8.73. The van der Waals surface area contributed by atoms with Crippen LogP contribution in [-0.4, -0.2) is 157 Å². The Morgan fingerprint density at radius 1 is 0.362 bits per heavy atom. The molecule has 3 fully saturated rings. The zero-order valence-electron chi connectivity index (χ0n) is 50.7. The molecular formula is C68H64Cl3NO22. The van der Waals surface area contributed by atoms with Gasteiger partial charge in [-0.25, -0.2) is 28.8 Å². The monoisotopic (exact) mass is 1350 g/mol. The minimum absolute atomic E-state index is 0.0521. The van der Waals surface area contributed by atoms with Gasteiger partial charge in [-0.15, -0.1) is 0 Å². The van der Waals surface area contributed by atoms with Crippen molar-refractivity contribution in [3.05, 3.63) is 215 Å². The number of ether oxygens (including phenoxy) is 14. The highest BCUT2D eigenvalue weighted by atomic mass is 35.6. The third-order valence-corrected chi connectivity index (χ3v) is 15.6. The van der Waals surface area contributed by atoms with Crippen LogP contribution in [0.3, 0.4) is 0 Å². The molecule has 94 heavy (non-hydrogen) atoms. The highest BCUT2D eigenvalue weighted by Gasteiger charge is 2.58. The van der Waals surface area contributed by atoms with Crippen molar-refractivity contribution in [2.75, 3.05) is 19.8 Å². The van der Waals surface area contributed by atoms with Gasteiger partial charge in [0.2, 0.25) is 12.2 Å². The van der Waals surface area contributed by atoms with Gasteiger partial charge in [-0.3, -0.25) is 15.0 Å². The zero-order chi connectivity index (χ0) is 67.1. The number of hydrogen-bond donors (Lipinski definition) is 1. The van der Waals surface area contributed by atoms with Crippen molar-refractivity contribution in [1.29, 1.82) is 5.41 Å². The molecule has 0 bridgehead atoms. The van der Waals surface area contributed by atoms with Gasteiger partial charge < -0.3 is 66.3 Å². The van der Waals surface area contributed by atoms with Crippen LogP contribution in [0.15, 0.2) is 182 Å². The molecule has 6 aromatic rings. The topological polar surface area (TPSA) is 290 Å². The van der Waals surface area contributed by atoms with E-state index in [0.29, 0.717) is 0 Å². The number of carbonyl (C=O) groups excluding carboxylic acids is 8. The molecular weight excluding hydrogens is 1290 g/mol. The van der Waals surface area contributed by atoms with Crippen LogP contribution in [-0.2, 0) is 75.9 Å². The number of alkyl halides is 3. The molecule has 3 aliphatic rings. The van der Waals surface area contributed by atoms with Crippen LogP contribution in [0, 0.1) is 17.2 Å². The average molecular weight is 1350 g/mol. The van der Waals surface area contributed by atoms with Crippen LogP contribution in [0.4, 0.5) is 0 Å². The van der Waals surface area contributed by atoms with Gasteiger partial charge in [0, 0.05) is 25.7 Å². The maximum atomic E-state index is 14.3. The van der Waals surface area contributed by atoms with E-state index in [1.165, 1.54) is 79.7 Å². The quantitative estimate of drug-likeness (QED) is 0.0217. The smallest absolute Gasteiger partial charge is 0.338 e. The van der Waals surface area contributed by atoms with E-state index in [0.717, 1.165) is 13.8 Å². The summed E-state index contributed by atoms with van der Waals surface area (Å²) in [4.78, 5) is 111. The molecule has 6 aromatic carbocycles. The summed E-state index contributed by atoms with van der Waals surface area (Å²) in [5.41, 5.74) is 0.684. The summed E-state index contributed by atoms with van der Waals surface area (Å²) in [6, 6.07) is 47.3. The van der Waals surface area contributed by atoms with E-state index in [4.69, 9.17) is 107 Å². The lowest BCUT2D eigenvalue weighted by molar-refractivity contribution is -0.354. The Labute approximate surface area is 554 Å². The fraction of sp³-hybridized carbons (Fsp3) is 0.338. The number of esters is 8. The van der Waals surface area contributed by atoms with Crippen molar-refractivity contribution in [2.24, 2.45) is 11.8 Å². The summed E-state index contributed by atoms with van der Waals surface area (Å²) in [5.74, 6) is -10.5. The lowest BCUT2D eigenvalue weighted by atomic mass is 9.89. The SMILES string of the molecule is CC(=O)OC1C(OC(=N)C(Cl)(Cl)Cl)OC(COC2OC(COC(=O)c3ccccc3)C(OC(=O)c3ccccc3)C(OC(=O)c3ccccc3)C2C)[C@H](OC(C)=O)C1OC1OC(COC(=O)c2ccccc2)C(OC(=O)c2ccccc2)C(C)C1OC(=O)c1ccccc1. The molecule has 0 aliphatic carbocycles. The molecule has 1 N–H and O–H groups in total. The highest BCUT2D eigenvalue weighted by Crippen LogP contribution is 2.40. The van der Waals surface area contributed by atoms with Crippen molar-refractivity contribution in [1.82, 2.24) is 0 Å². The number of rotatable bonds is 22. The summed E-state index contributed by atoms with van der Waals surface area (Å²) >= 11 is 18.6. The molecule has 0 amide bonds. The van der Waals surface area contributed by atoms with Gasteiger partial charge in [0.05, 0.1) is 40.0 Å².